The maximum Gasteiger partial charge on any atom is 0.267 e. The first-order valence-corrected chi connectivity index (χ1v) is 6.18. The Hall–Kier alpha value is -1.11. The Labute approximate surface area is 119 Å². The van der Waals surface area contributed by atoms with E-state index < -0.39 is 5.82 Å². The third kappa shape index (κ3) is 2.66. The highest BCUT2D eigenvalue weighted by Gasteiger charge is 2.12. The minimum atomic E-state index is -0.548. The Morgan fingerprint density at radius 3 is 2.56 bits per heavy atom. The van der Waals surface area contributed by atoms with E-state index in [2.05, 4.69) is 31.2 Å². The summed E-state index contributed by atoms with van der Waals surface area (Å²) >= 11 is 14.8. The van der Waals surface area contributed by atoms with Gasteiger partial charge in [0.05, 0.1) is 22.1 Å². The van der Waals surface area contributed by atoms with E-state index in [1.807, 2.05) is 0 Å². The Bertz CT molecular complexity index is 639. The van der Waals surface area contributed by atoms with Crippen LogP contribution in [-0.4, -0.2) is 9.97 Å². The van der Waals surface area contributed by atoms with Crippen LogP contribution in [0.25, 0.3) is 0 Å². The third-order valence-electron chi connectivity index (χ3n) is 2.05. The van der Waals surface area contributed by atoms with Crippen LogP contribution in [0.5, 0.6) is 0 Å². The monoisotopic (exact) mass is 351 g/mol. The van der Waals surface area contributed by atoms with Gasteiger partial charge in [-0.1, -0.05) is 23.2 Å². The van der Waals surface area contributed by atoms with Crippen molar-refractivity contribution in [1.82, 2.24) is 9.97 Å². The van der Waals surface area contributed by atoms with Crippen LogP contribution >= 0.6 is 39.1 Å². The highest BCUT2D eigenvalue weighted by Crippen LogP contribution is 2.34. The van der Waals surface area contributed by atoms with Crippen molar-refractivity contribution in [2.75, 3.05) is 5.32 Å². The molecule has 0 aliphatic rings. The molecule has 1 aromatic carbocycles. The summed E-state index contributed by atoms with van der Waals surface area (Å²) in [6, 6.07) is 2.22. The number of hydrogen-bond acceptors (Lipinski definition) is 3. The second-order valence-corrected chi connectivity index (χ2v) is 4.87. The van der Waals surface area contributed by atoms with Crippen LogP contribution in [-0.2, 0) is 0 Å². The zero-order valence-electron chi connectivity index (χ0n) is 8.60. The minimum Gasteiger partial charge on any atom is -0.337 e. The Balaban J connectivity index is 2.47. The van der Waals surface area contributed by atoms with Crippen molar-refractivity contribution < 1.29 is 4.39 Å². The summed E-state index contributed by atoms with van der Waals surface area (Å²) in [6.45, 7) is 0. The molecule has 0 aliphatic carbocycles. The topological polar surface area (TPSA) is 57.8 Å². The molecule has 2 N–H and O–H groups in total. The Morgan fingerprint density at radius 1 is 1.33 bits per heavy atom. The first kappa shape index (κ1) is 13.3. The van der Waals surface area contributed by atoms with E-state index in [1.54, 1.807) is 0 Å². The zero-order chi connectivity index (χ0) is 13.3. The first-order chi connectivity index (χ1) is 8.49. The number of anilines is 2. The third-order valence-corrected chi connectivity index (χ3v) is 3.38. The molecule has 0 radical (unpaired) electrons. The van der Waals surface area contributed by atoms with Gasteiger partial charge in [0.2, 0.25) is 0 Å². The molecule has 1 heterocycles. The summed E-state index contributed by atoms with van der Waals surface area (Å²) in [5, 5.41) is 2.95. The number of halogens is 4. The standard InChI is InChI=1S/C10H5BrCl2FN3O/c11-7-9(15-3-16-10(7)18)17-8-5(12)1-4(14)2-6(8)13/h1-3H,(H2,15,16,17,18). The fourth-order valence-electron chi connectivity index (χ4n) is 1.25. The molecular weight excluding hydrogens is 348 g/mol. The fraction of sp³-hybridized carbons (Fsp3) is 0. The molecule has 18 heavy (non-hydrogen) atoms. The zero-order valence-corrected chi connectivity index (χ0v) is 11.7. The number of hydrogen-bond donors (Lipinski definition) is 2. The number of nitrogens with one attached hydrogen (secondary N) is 2. The molecule has 0 spiro atoms. The van der Waals surface area contributed by atoms with E-state index >= 15 is 0 Å². The van der Waals surface area contributed by atoms with Gasteiger partial charge in [-0.25, -0.2) is 9.37 Å². The van der Waals surface area contributed by atoms with Gasteiger partial charge in [-0.3, -0.25) is 4.79 Å². The molecule has 0 bridgehead atoms. The van der Waals surface area contributed by atoms with Crippen molar-refractivity contribution in [3.63, 3.8) is 0 Å². The van der Waals surface area contributed by atoms with Crippen molar-refractivity contribution in [3.05, 3.63) is 49.1 Å². The van der Waals surface area contributed by atoms with E-state index in [4.69, 9.17) is 23.2 Å². The Morgan fingerprint density at radius 2 is 1.94 bits per heavy atom. The van der Waals surface area contributed by atoms with Crippen molar-refractivity contribution in [2.45, 2.75) is 0 Å². The van der Waals surface area contributed by atoms with Crippen LogP contribution in [0.3, 0.4) is 0 Å². The second kappa shape index (κ2) is 5.26. The van der Waals surface area contributed by atoms with Gasteiger partial charge in [0.15, 0.2) is 5.82 Å². The molecule has 94 valence electrons. The number of benzene rings is 1. The van der Waals surface area contributed by atoms with Crippen molar-refractivity contribution in [2.24, 2.45) is 0 Å². The highest BCUT2D eigenvalue weighted by molar-refractivity contribution is 9.10. The first-order valence-electron chi connectivity index (χ1n) is 4.64. The fourth-order valence-corrected chi connectivity index (χ4v) is 2.12. The van der Waals surface area contributed by atoms with Gasteiger partial charge in [-0.15, -0.1) is 0 Å². The quantitative estimate of drug-likeness (QED) is 0.865. The number of rotatable bonds is 2. The molecule has 0 saturated carbocycles. The maximum absolute atomic E-state index is 13.0. The predicted octanol–water partition coefficient (Wildman–Crippen LogP) is 3.72. The summed E-state index contributed by atoms with van der Waals surface area (Å²) in [5.41, 5.74) is -0.0830. The van der Waals surface area contributed by atoms with Crippen LogP contribution < -0.4 is 10.9 Å². The van der Waals surface area contributed by atoms with Crippen LogP contribution in [0, 0.1) is 5.82 Å². The Kier molecular flexibility index (Phi) is 3.89. The van der Waals surface area contributed by atoms with E-state index in [9.17, 15) is 9.18 Å². The van der Waals surface area contributed by atoms with Gasteiger partial charge >= 0.3 is 0 Å². The van der Waals surface area contributed by atoms with Crippen molar-refractivity contribution in [1.29, 1.82) is 0 Å². The smallest absolute Gasteiger partial charge is 0.267 e. The van der Waals surface area contributed by atoms with E-state index in [-0.39, 0.29) is 31.6 Å². The van der Waals surface area contributed by atoms with E-state index in [0.29, 0.717) is 0 Å². The number of aromatic nitrogens is 2. The summed E-state index contributed by atoms with van der Waals surface area (Å²) in [4.78, 5) is 17.6. The van der Waals surface area contributed by atoms with Crippen LogP contribution in [0.4, 0.5) is 15.9 Å². The van der Waals surface area contributed by atoms with Crippen molar-refractivity contribution in [3.8, 4) is 0 Å². The molecule has 0 fully saturated rings. The molecule has 0 amide bonds. The molecule has 4 nitrogen and oxygen atoms in total. The molecule has 8 heteroatoms. The van der Waals surface area contributed by atoms with Gasteiger partial charge in [0, 0.05) is 0 Å². The SMILES string of the molecule is O=c1[nH]cnc(Nc2c(Cl)cc(F)cc2Cl)c1Br. The van der Waals surface area contributed by atoms with Gasteiger partial charge < -0.3 is 10.3 Å². The number of nitrogens with zero attached hydrogens (tertiary/aromatic N) is 1. The normalized spacial score (nSPS) is 10.4. The second-order valence-electron chi connectivity index (χ2n) is 3.26. The summed E-state index contributed by atoms with van der Waals surface area (Å²) in [7, 11) is 0. The minimum absolute atomic E-state index is 0.0916. The largest absolute Gasteiger partial charge is 0.337 e. The summed E-state index contributed by atoms with van der Waals surface area (Å²) < 4.78 is 13.2. The highest BCUT2D eigenvalue weighted by atomic mass is 79.9. The lowest BCUT2D eigenvalue weighted by atomic mass is 10.3. The molecule has 2 aromatic rings. The number of H-pyrrole nitrogens is 1. The maximum atomic E-state index is 13.0. The molecular formula is C10H5BrCl2FN3O. The molecule has 1 aromatic heterocycles. The lowest BCUT2D eigenvalue weighted by molar-refractivity contribution is 0.628. The van der Waals surface area contributed by atoms with Crippen LogP contribution in [0.1, 0.15) is 0 Å². The summed E-state index contributed by atoms with van der Waals surface area (Å²) in [5.74, 6) is -0.317. The van der Waals surface area contributed by atoms with Gasteiger partial charge in [0.1, 0.15) is 10.3 Å². The lowest BCUT2D eigenvalue weighted by Crippen LogP contribution is -2.10. The van der Waals surface area contributed by atoms with Crippen molar-refractivity contribution >= 4 is 50.6 Å². The molecule has 0 aliphatic heterocycles. The molecule has 0 unspecified atom stereocenters. The average molecular weight is 353 g/mol. The van der Waals surface area contributed by atoms with E-state index in [0.717, 1.165) is 12.1 Å². The molecule has 0 atom stereocenters. The van der Waals surface area contributed by atoms with E-state index in [1.165, 1.54) is 6.33 Å². The predicted molar refractivity (Wildman–Crippen MR) is 72.3 cm³/mol. The number of aromatic amines is 1. The van der Waals surface area contributed by atoms with Crippen LogP contribution in [0.15, 0.2) is 27.7 Å². The molecule has 2 rings (SSSR count). The lowest BCUT2D eigenvalue weighted by Gasteiger charge is -2.10. The van der Waals surface area contributed by atoms with Gasteiger partial charge in [-0.05, 0) is 28.1 Å². The van der Waals surface area contributed by atoms with Gasteiger partial charge in [0.25, 0.3) is 5.56 Å². The average Bonchev–Trinajstić information content (AvgIpc) is 2.28. The molecule has 0 saturated heterocycles. The van der Waals surface area contributed by atoms with Gasteiger partial charge in [-0.2, -0.15) is 0 Å². The van der Waals surface area contributed by atoms with Crippen LogP contribution in [0.2, 0.25) is 10.0 Å². The summed E-state index contributed by atoms with van der Waals surface area (Å²) in [6.07, 6.45) is 1.22.